The summed E-state index contributed by atoms with van der Waals surface area (Å²) in [6.07, 6.45) is 2.37. The van der Waals surface area contributed by atoms with Crippen LogP contribution < -0.4 is 5.32 Å². The second kappa shape index (κ2) is 7.98. The van der Waals surface area contributed by atoms with Crippen molar-refractivity contribution >= 4 is 0 Å². The van der Waals surface area contributed by atoms with Crippen molar-refractivity contribution in [1.82, 2.24) is 5.32 Å². The normalized spacial score (nSPS) is 15.2. The molecule has 0 spiro atoms. The van der Waals surface area contributed by atoms with Gasteiger partial charge in [-0.15, -0.1) is 0 Å². The summed E-state index contributed by atoms with van der Waals surface area (Å²) in [5, 5.41) is 3.67. The molecule has 1 N–H and O–H groups in total. The van der Waals surface area contributed by atoms with Gasteiger partial charge >= 0.3 is 0 Å². The molecule has 2 unspecified atom stereocenters. The molecule has 0 aliphatic heterocycles. The second-order valence-electron chi connectivity index (χ2n) is 7.80. The zero-order chi connectivity index (χ0) is 16.0. The highest BCUT2D eigenvalue weighted by Gasteiger charge is 2.21. The van der Waals surface area contributed by atoms with Crippen molar-refractivity contribution in [3.05, 3.63) is 35.4 Å². The molecule has 1 aromatic rings. The first kappa shape index (κ1) is 18.2. The minimum atomic E-state index is 0.242. The molecule has 0 aliphatic carbocycles. The summed E-state index contributed by atoms with van der Waals surface area (Å²) in [5.74, 6) is 1.39. The Kier molecular flexibility index (Phi) is 6.93. The molecule has 0 amide bonds. The predicted molar refractivity (Wildman–Crippen MR) is 94.9 cm³/mol. The van der Waals surface area contributed by atoms with E-state index in [1.54, 1.807) is 0 Å². The van der Waals surface area contributed by atoms with E-state index in [1.807, 2.05) is 0 Å². The van der Waals surface area contributed by atoms with Crippen LogP contribution in [0.2, 0.25) is 0 Å². The highest BCUT2D eigenvalue weighted by molar-refractivity contribution is 5.27. The molecular formula is C20H35N. The van der Waals surface area contributed by atoms with Crippen LogP contribution in [0.25, 0.3) is 0 Å². The van der Waals surface area contributed by atoms with Gasteiger partial charge in [0.2, 0.25) is 0 Å². The average molecular weight is 290 g/mol. The molecule has 1 aromatic carbocycles. The summed E-state index contributed by atoms with van der Waals surface area (Å²) in [6, 6.07) is 9.82. The van der Waals surface area contributed by atoms with E-state index in [1.165, 1.54) is 24.0 Å². The Hall–Kier alpha value is -0.820. The first-order valence-electron chi connectivity index (χ1n) is 8.58. The van der Waals surface area contributed by atoms with E-state index in [0.717, 1.165) is 6.54 Å². The standard InChI is InChI=1S/C20H35N/c1-8-13-21-16(4)19(15(2)3)14-17-9-11-18(12-10-17)20(5,6)7/h9-12,15-16,19,21H,8,13-14H2,1-7H3. The van der Waals surface area contributed by atoms with Crippen LogP contribution in [0.1, 0.15) is 66.0 Å². The van der Waals surface area contributed by atoms with Gasteiger partial charge in [-0.05, 0) is 54.7 Å². The Balaban J connectivity index is 2.75. The van der Waals surface area contributed by atoms with Gasteiger partial charge in [0.25, 0.3) is 0 Å². The zero-order valence-electron chi connectivity index (χ0n) is 15.2. The topological polar surface area (TPSA) is 12.0 Å². The van der Waals surface area contributed by atoms with E-state index in [0.29, 0.717) is 17.9 Å². The van der Waals surface area contributed by atoms with Crippen LogP contribution in [0.3, 0.4) is 0 Å². The molecule has 2 atom stereocenters. The Morgan fingerprint density at radius 2 is 1.57 bits per heavy atom. The molecule has 1 nitrogen and oxygen atoms in total. The van der Waals surface area contributed by atoms with E-state index in [-0.39, 0.29) is 5.41 Å². The zero-order valence-corrected chi connectivity index (χ0v) is 15.2. The SMILES string of the molecule is CCCNC(C)C(Cc1ccc(C(C)(C)C)cc1)C(C)C. The van der Waals surface area contributed by atoms with Gasteiger partial charge < -0.3 is 5.32 Å². The quantitative estimate of drug-likeness (QED) is 0.728. The molecule has 1 rings (SSSR count). The maximum absolute atomic E-state index is 3.67. The van der Waals surface area contributed by atoms with Crippen molar-refractivity contribution in [3.8, 4) is 0 Å². The highest BCUT2D eigenvalue weighted by atomic mass is 14.9. The fourth-order valence-electron chi connectivity index (χ4n) is 2.93. The summed E-state index contributed by atoms with van der Waals surface area (Å²) >= 11 is 0. The molecule has 0 saturated heterocycles. The van der Waals surface area contributed by atoms with Crippen LogP contribution >= 0.6 is 0 Å². The van der Waals surface area contributed by atoms with Crippen LogP contribution in [-0.2, 0) is 11.8 Å². The Morgan fingerprint density at radius 3 is 2.00 bits per heavy atom. The first-order chi connectivity index (χ1) is 9.75. The van der Waals surface area contributed by atoms with E-state index in [9.17, 15) is 0 Å². The Morgan fingerprint density at radius 1 is 1.00 bits per heavy atom. The van der Waals surface area contributed by atoms with Crippen LogP contribution in [0.15, 0.2) is 24.3 Å². The Bertz CT molecular complexity index is 397. The van der Waals surface area contributed by atoms with Crippen LogP contribution in [0.4, 0.5) is 0 Å². The number of hydrogen-bond acceptors (Lipinski definition) is 1. The molecule has 0 bridgehead atoms. The van der Waals surface area contributed by atoms with Gasteiger partial charge in [-0.25, -0.2) is 0 Å². The van der Waals surface area contributed by atoms with Gasteiger partial charge in [0.05, 0.1) is 0 Å². The fourth-order valence-corrected chi connectivity index (χ4v) is 2.93. The lowest BCUT2D eigenvalue weighted by molar-refractivity contribution is 0.289. The van der Waals surface area contributed by atoms with Crippen LogP contribution in [0.5, 0.6) is 0 Å². The molecule has 0 aliphatic rings. The maximum Gasteiger partial charge on any atom is 0.00726 e. The van der Waals surface area contributed by atoms with Crippen LogP contribution in [-0.4, -0.2) is 12.6 Å². The molecule has 21 heavy (non-hydrogen) atoms. The summed E-state index contributed by atoms with van der Waals surface area (Å²) in [5.41, 5.74) is 3.13. The number of hydrogen-bond donors (Lipinski definition) is 1. The highest BCUT2D eigenvalue weighted by Crippen LogP contribution is 2.25. The van der Waals surface area contributed by atoms with E-state index >= 15 is 0 Å². The van der Waals surface area contributed by atoms with E-state index in [2.05, 4.69) is 78.0 Å². The minimum Gasteiger partial charge on any atom is -0.314 e. The lowest BCUT2D eigenvalue weighted by Crippen LogP contribution is -2.37. The van der Waals surface area contributed by atoms with E-state index in [4.69, 9.17) is 0 Å². The number of nitrogens with one attached hydrogen (secondary N) is 1. The van der Waals surface area contributed by atoms with Crippen molar-refractivity contribution in [2.24, 2.45) is 11.8 Å². The van der Waals surface area contributed by atoms with Gasteiger partial charge in [-0.2, -0.15) is 0 Å². The monoisotopic (exact) mass is 289 g/mol. The third-order valence-corrected chi connectivity index (χ3v) is 4.51. The second-order valence-corrected chi connectivity index (χ2v) is 7.80. The summed E-state index contributed by atoms with van der Waals surface area (Å²) in [4.78, 5) is 0. The summed E-state index contributed by atoms with van der Waals surface area (Å²) < 4.78 is 0. The molecule has 0 heterocycles. The average Bonchev–Trinajstić information content (AvgIpc) is 2.41. The lowest BCUT2D eigenvalue weighted by atomic mass is 9.82. The number of rotatable bonds is 7. The smallest absolute Gasteiger partial charge is 0.00726 e. The van der Waals surface area contributed by atoms with Crippen molar-refractivity contribution < 1.29 is 0 Å². The third kappa shape index (κ3) is 5.82. The first-order valence-corrected chi connectivity index (χ1v) is 8.58. The van der Waals surface area contributed by atoms with Gasteiger partial charge in [0, 0.05) is 6.04 Å². The lowest BCUT2D eigenvalue weighted by Gasteiger charge is -2.29. The molecule has 0 aromatic heterocycles. The number of benzene rings is 1. The van der Waals surface area contributed by atoms with Crippen LogP contribution in [0, 0.1) is 11.8 Å². The van der Waals surface area contributed by atoms with Crippen molar-refractivity contribution in [2.45, 2.75) is 72.8 Å². The van der Waals surface area contributed by atoms with Gasteiger partial charge in [0.15, 0.2) is 0 Å². The maximum atomic E-state index is 3.67. The van der Waals surface area contributed by atoms with Gasteiger partial charge in [-0.3, -0.25) is 0 Å². The van der Waals surface area contributed by atoms with Crippen molar-refractivity contribution in [2.75, 3.05) is 6.54 Å². The minimum absolute atomic E-state index is 0.242. The summed E-state index contributed by atoms with van der Waals surface area (Å²) in [7, 11) is 0. The molecule has 120 valence electrons. The Labute approximate surface area is 132 Å². The fraction of sp³-hybridized carbons (Fsp3) is 0.700. The molecule has 1 heteroatoms. The molecular weight excluding hydrogens is 254 g/mol. The largest absolute Gasteiger partial charge is 0.314 e. The molecule has 0 fully saturated rings. The molecule has 0 saturated carbocycles. The van der Waals surface area contributed by atoms with Crippen molar-refractivity contribution in [3.63, 3.8) is 0 Å². The third-order valence-electron chi connectivity index (χ3n) is 4.51. The predicted octanol–water partition coefficient (Wildman–Crippen LogP) is 5.19. The molecule has 0 radical (unpaired) electrons. The summed E-state index contributed by atoms with van der Waals surface area (Å²) in [6.45, 7) is 17.2. The van der Waals surface area contributed by atoms with Gasteiger partial charge in [-0.1, -0.05) is 65.8 Å². The van der Waals surface area contributed by atoms with E-state index < -0.39 is 0 Å². The van der Waals surface area contributed by atoms with Crippen molar-refractivity contribution in [1.29, 1.82) is 0 Å². The van der Waals surface area contributed by atoms with Gasteiger partial charge in [0.1, 0.15) is 0 Å².